The van der Waals surface area contributed by atoms with Crippen molar-refractivity contribution in [2.24, 2.45) is 16.7 Å². The molecule has 3 fully saturated rings. The number of rotatable bonds is 15. The van der Waals surface area contributed by atoms with Gasteiger partial charge in [0.25, 0.3) is 0 Å². The van der Waals surface area contributed by atoms with Crippen molar-refractivity contribution in [2.75, 3.05) is 25.6 Å². The lowest BCUT2D eigenvalue weighted by Gasteiger charge is -2.36. The van der Waals surface area contributed by atoms with E-state index in [1.807, 2.05) is 66.8 Å². The summed E-state index contributed by atoms with van der Waals surface area (Å²) in [5.41, 5.74) is 0.550. The number of amides is 3. The number of nitrogens with one attached hydrogen (secondary N) is 3. The van der Waals surface area contributed by atoms with E-state index in [1.165, 1.54) is 22.3 Å². The standard InChI is InChI=1S/C43H61N6O9PS/c1-11-26-21-43(26,59(53,54)56-24-41(4,5)6)48-37(50)34-19-29(22-49(34)38(51)36(42(7,8)9)47-40(52)58-27-14-12-13-15-27)57-35-20-32(33-23-60-39(46-33)44-25(2)3)45-31-18-28(55-10)16-17-30(31)35/h11,16-18,20,23,25-27,29,34,36H,1,12-15,19,21-22,24H2,2-10H3,(H,44,46)(H,47,52)(H,48,50)(H,53,54)/t26?,29-,34+,36-,43+/m1/s1. The van der Waals surface area contributed by atoms with Gasteiger partial charge in [-0.1, -0.05) is 47.6 Å². The van der Waals surface area contributed by atoms with Gasteiger partial charge in [-0.2, -0.15) is 0 Å². The maximum absolute atomic E-state index is 14.8. The summed E-state index contributed by atoms with van der Waals surface area (Å²) in [5, 5.41) is 10.7. The van der Waals surface area contributed by atoms with Crippen LogP contribution >= 0.6 is 18.9 Å². The largest absolute Gasteiger partial charge is 0.497 e. The minimum atomic E-state index is -4.45. The van der Waals surface area contributed by atoms with Gasteiger partial charge in [-0.25, -0.2) is 14.8 Å². The molecule has 2 saturated carbocycles. The number of pyridine rings is 1. The molecule has 3 aliphatic rings. The third-order valence-electron chi connectivity index (χ3n) is 11.0. The number of anilines is 1. The molecule has 1 aromatic carbocycles. The normalized spacial score (nSPS) is 23.5. The van der Waals surface area contributed by atoms with Crippen LogP contribution in [0.2, 0.25) is 0 Å². The van der Waals surface area contributed by atoms with Gasteiger partial charge < -0.3 is 44.5 Å². The van der Waals surface area contributed by atoms with E-state index in [4.69, 9.17) is 28.7 Å². The van der Waals surface area contributed by atoms with Crippen LogP contribution in [-0.4, -0.2) is 93.5 Å². The molecular formula is C43H61N6O9PS. The second-order valence-electron chi connectivity index (χ2n) is 18.8. The first-order chi connectivity index (χ1) is 28.1. The second-order valence-corrected chi connectivity index (χ2v) is 21.7. The van der Waals surface area contributed by atoms with Crippen LogP contribution in [0.5, 0.6) is 11.5 Å². The van der Waals surface area contributed by atoms with E-state index in [0.29, 0.717) is 33.8 Å². The molecule has 0 spiro atoms. The number of aromatic nitrogens is 2. The van der Waals surface area contributed by atoms with Crippen LogP contribution in [0.15, 0.2) is 42.3 Å². The van der Waals surface area contributed by atoms with Gasteiger partial charge in [0.15, 0.2) is 5.13 Å². The van der Waals surface area contributed by atoms with E-state index in [2.05, 4.69) is 22.5 Å². The molecule has 15 nitrogen and oxygen atoms in total. The van der Waals surface area contributed by atoms with Crippen LogP contribution in [0.1, 0.15) is 93.9 Å². The number of carbonyl (C=O) groups excluding carboxylic acids is 3. The van der Waals surface area contributed by atoms with Gasteiger partial charge in [0.2, 0.25) is 11.8 Å². The lowest BCUT2D eigenvalue weighted by molar-refractivity contribution is -0.142. The molecule has 3 heterocycles. The Bertz CT molecular complexity index is 2130. The lowest BCUT2D eigenvalue weighted by atomic mass is 9.85. The minimum Gasteiger partial charge on any atom is -0.497 e. The van der Waals surface area contributed by atoms with E-state index in [-0.39, 0.29) is 38.1 Å². The number of alkyl carbamates (subject to hydrolysis) is 1. The van der Waals surface area contributed by atoms with Crippen molar-refractivity contribution in [3.8, 4) is 22.9 Å². The summed E-state index contributed by atoms with van der Waals surface area (Å²) in [4.78, 5) is 65.2. The summed E-state index contributed by atoms with van der Waals surface area (Å²) < 4.78 is 37.6. The Labute approximate surface area is 356 Å². The van der Waals surface area contributed by atoms with Crippen LogP contribution in [0.4, 0.5) is 9.93 Å². The fourth-order valence-corrected chi connectivity index (χ4v) is 10.5. The SMILES string of the molecule is C=CC1C[C@]1(NC(=O)[C@@H]1C[C@@H](Oc2cc(-c3csc(NC(C)C)n3)nc3cc(OC)ccc23)CN1C(=O)[C@@H](NC(=O)OC1CCCC1)C(C)(C)C)P(=O)(O)OCC(C)(C)C. The number of hydrogen-bond acceptors (Lipinski definition) is 12. The molecule has 3 aromatic rings. The fourth-order valence-electron chi connectivity index (χ4n) is 7.70. The summed E-state index contributed by atoms with van der Waals surface area (Å²) >= 11 is 1.46. The maximum atomic E-state index is 14.8. The third kappa shape index (κ3) is 10.3. The molecular weight excluding hydrogens is 808 g/mol. The van der Waals surface area contributed by atoms with E-state index < -0.39 is 65.7 Å². The molecule has 6 rings (SSSR count). The van der Waals surface area contributed by atoms with Crippen molar-refractivity contribution in [3.63, 3.8) is 0 Å². The summed E-state index contributed by atoms with van der Waals surface area (Å²) in [6.07, 6.45) is 3.48. The smallest absolute Gasteiger partial charge is 0.408 e. The molecule has 3 amide bonds. The first-order valence-electron chi connectivity index (χ1n) is 20.7. The molecule has 17 heteroatoms. The summed E-state index contributed by atoms with van der Waals surface area (Å²) in [6.45, 7) is 19.0. The van der Waals surface area contributed by atoms with Crippen molar-refractivity contribution in [2.45, 2.75) is 130 Å². The van der Waals surface area contributed by atoms with E-state index in [0.717, 1.165) is 30.8 Å². The highest BCUT2D eigenvalue weighted by Gasteiger charge is 2.67. The Hall–Kier alpha value is -4.24. The van der Waals surface area contributed by atoms with Gasteiger partial charge in [-0.3, -0.25) is 14.2 Å². The van der Waals surface area contributed by atoms with E-state index >= 15 is 0 Å². The van der Waals surface area contributed by atoms with Crippen LogP contribution in [-0.2, 0) is 23.4 Å². The predicted molar refractivity (Wildman–Crippen MR) is 232 cm³/mol. The number of thiazole rings is 1. The van der Waals surface area contributed by atoms with Gasteiger partial charge >= 0.3 is 13.7 Å². The topological polar surface area (TPSA) is 191 Å². The molecule has 1 aliphatic heterocycles. The molecule has 0 radical (unpaired) electrons. The Morgan fingerprint density at radius 1 is 1.08 bits per heavy atom. The summed E-state index contributed by atoms with van der Waals surface area (Å²) in [5.74, 6) is -0.652. The number of likely N-dealkylation sites (tertiary alicyclic amines) is 1. The zero-order valence-electron chi connectivity index (χ0n) is 36.2. The van der Waals surface area contributed by atoms with Crippen molar-refractivity contribution in [1.29, 1.82) is 0 Å². The number of ether oxygens (including phenoxy) is 3. The fraction of sp³-hybridized carbons (Fsp3) is 0.605. The van der Waals surface area contributed by atoms with Crippen molar-refractivity contribution < 1.29 is 42.6 Å². The van der Waals surface area contributed by atoms with Crippen LogP contribution in [0, 0.1) is 16.7 Å². The Kier molecular flexibility index (Phi) is 13.3. The van der Waals surface area contributed by atoms with E-state index in [1.54, 1.807) is 25.3 Å². The third-order valence-corrected chi connectivity index (χ3v) is 13.9. The lowest BCUT2D eigenvalue weighted by Crippen LogP contribution is -2.58. The van der Waals surface area contributed by atoms with Gasteiger partial charge in [-0.05, 0) is 68.9 Å². The monoisotopic (exact) mass is 868 g/mol. The first kappa shape index (κ1) is 45.3. The average Bonchev–Trinajstić information content (AvgIpc) is 3.57. The number of methoxy groups -OCH3 is 1. The number of fused-ring (bicyclic) bond motifs is 1. The number of carbonyl (C=O) groups is 3. The second kappa shape index (κ2) is 17.6. The van der Waals surface area contributed by atoms with Crippen LogP contribution in [0.3, 0.4) is 0 Å². The van der Waals surface area contributed by atoms with Gasteiger partial charge in [0, 0.05) is 41.3 Å². The predicted octanol–water partition coefficient (Wildman–Crippen LogP) is 7.89. The van der Waals surface area contributed by atoms with E-state index in [9.17, 15) is 23.8 Å². The first-order valence-corrected chi connectivity index (χ1v) is 23.2. The number of hydrogen-bond donors (Lipinski definition) is 4. The molecule has 2 aromatic heterocycles. The molecule has 1 saturated heterocycles. The Morgan fingerprint density at radius 3 is 2.42 bits per heavy atom. The minimum absolute atomic E-state index is 0.0215. The Balaban J connectivity index is 1.34. The molecule has 2 unspecified atom stereocenters. The molecule has 6 atom stereocenters. The van der Waals surface area contributed by atoms with Crippen molar-refractivity contribution >= 4 is 52.9 Å². The van der Waals surface area contributed by atoms with Crippen LogP contribution in [0.25, 0.3) is 22.3 Å². The molecule has 328 valence electrons. The summed E-state index contributed by atoms with van der Waals surface area (Å²) in [6, 6.07) is 5.18. The highest BCUT2D eigenvalue weighted by atomic mass is 32.1. The molecule has 2 aliphatic carbocycles. The summed E-state index contributed by atoms with van der Waals surface area (Å²) in [7, 11) is -2.88. The molecule has 60 heavy (non-hydrogen) atoms. The number of nitrogens with zero attached hydrogens (tertiary/aromatic N) is 3. The zero-order chi connectivity index (χ0) is 43.8. The zero-order valence-corrected chi connectivity index (χ0v) is 37.9. The quantitative estimate of drug-likeness (QED) is 0.0855. The van der Waals surface area contributed by atoms with Gasteiger partial charge in [0.1, 0.15) is 46.8 Å². The van der Waals surface area contributed by atoms with Crippen LogP contribution < -0.4 is 25.4 Å². The van der Waals surface area contributed by atoms with Gasteiger partial charge in [0.05, 0.1) is 31.5 Å². The van der Waals surface area contributed by atoms with Crippen molar-refractivity contribution in [3.05, 3.63) is 42.3 Å². The highest BCUT2D eigenvalue weighted by molar-refractivity contribution is 7.55. The molecule has 0 bridgehead atoms. The average molecular weight is 869 g/mol. The Morgan fingerprint density at radius 2 is 1.80 bits per heavy atom. The number of benzene rings is 1. The van der Waals surface area contributed by atoms with Crippen molar-refractivity contribution in [1.82, 2.24) is 25.5 Å². The van der Waals surface area contributed by atoms with Gasteiger partial charge in [-0.15, -0.1) is 17.9 Å². The maximum Gasteiger partial charge on any atom is 0.408 e. The molecule has 4 N–H and O–H groups in total. The highest BCUT2D eigenvalue weighted by Crippen LogP contribution is 2.70.